The van der Waals surface area contributed by atoms with E-state index in [1.54, 1.807) is 11.3 Å². The monoisotopic (exact) mass is 225 g/mol. The van der Waals surface area contributed by atoms with E-state index in [1.807, 2.05) is 17.5 Å². The first kappa shape index (κ1) is 11.1. The molecule has 1 aromatic heterocycles. The Morgan fingerprint density at radius 3 is 3.00 bits per heavy atom. The molecule has 84 valence electrons. The van der Waals surface area contributed by atoms with Gasteiger partial charge < -0.3 is 10.4 Å². The van der Waals surface area contributed by atoms with Crippen molar-refractivity contribution in [3.05, 3.63) is 22.4 Å². The highest BCUT2D eigenvalue weighted by Gasteiger charge is 2.22. The van der Waals surface area contributed by atoms with Crippen molar-refractivity contribution < 1.29 is 5.11 Å². The summed E-state index contributed by atoms with van der Waals surface area (Å²) in [4.78, 5) is 1.08. The molecule has 3 heteroatoms. The molecule has 0 aromatic carbocycles. The van der Waals surface area contributed by atoms with Crippen LogP contribution < -0.4 is 5.32 Å². The Balaban J connectivity index is 1.70. The van der Waals surface area contributed by atoms with Crippen LogP contribution in [0.5, 0.6) is 0 Å². The van der Waals surface area contributed by atoms with Crippen molar-refractivity contribution in [3.8, 4) is 0 Å². The number of hydrogen-bond donors (Lipinski definition) is 2. The van der Waals surface area contributed by atoms with Gasteiger partial charge in [-0.05, 0) is 50.1 Å². The molecule has 0 aliphatic heterocycles. The summed E-state index contributed by atoms with van der Waals surface area (Å²) < 4.78 is 0. The fourth-order valence-corrected chi connectivity index (χ4v) is 2.43. The molecule has 0 saturated heterocycles. The van der Waals surface area contributed by atoms with Crippen LogP contribution in [-0.4, -0.2) is 17.7 Å². The number of hydrogen-bond acceptors (Lipinski definition) is 3. The van der Waals surface area contributed by atoms with Crippen LogP contribution in [0.4, 0.5) is 0 Å². The minimum atomic E-state index is -0.299. The smallest absolute Gasteiger partial charge is 0.0896 e. The third kappa shape index (κ3) is 3.59. The fourth-order valence-electron chi connectivity index (χ4n) is 1.71. The summed E-state index contributed by atoms with van der Waals surface area (Å²) in [6.07, 6.45) is 3.28. The summed E-state index contributed by atoms with van der Waals surface area (Å²) >= 11 is 1.63. The molecule has 0 spiro atoms. The van der Waals surface area contributed by atoms with E-state index < -0.39 is 0 Å². The van der Waals surface area contributed by atoms with Gasteiger partial charge in [0.05, 0.1) is 6.10 Å². The van der Waals surface area contributed by atoms with Crippen LogP contribution in [0, 0.1) is 5.92 Å². The molecule has 1 aromatic rings. The average molecular weight is 225 g/mol. The first-order valence-electron chi connectivity index (χ1n) is 5.70. The first-order valence-corrected chi connectivity index (χ1v) is 6.58. The minimum absolute atomic E-state index is 0.299. The maximum absolute atomic E-state index is 9.93. The molecule has 15 heavy (non-hydrogen) atoms. The van der Waals surface area contributed by atoms with E-state index >= 15 is 0 Å². The van der Waals surface area contributed by atoms with Crippen molar-refractivity contribution in [2.24, 2.45) is 5.92 Å². The van der Waals surface area contributed by atoms with Crippen LogP contribution in [-0.2, 0) is 0 Å². The summed E-state index contributed by atoms with van der Waals surface area (Å²) in [5.41, 5.74) is 0. The van der Waals surface area contributed by atoms with Gasteiger partial charge in [0, 0.05) is 10.9 Å². The summed E-state index contributed by atoms with van der Waals surface area (Å²) in [5, 5.41) is 15.4. The second-order valence-corrected chi connectivity index (χ2v) is 5.50. The van der Waals surface area contributed by atoms with Crippen LogP contribution in [0.1, 0.15) is 37.2 Å². The number of rotatable bonds is 6. The molecule has 0 radical (unpaired) electrons. The second kappa shape index (κ2) is 5.10. The lowest BCUT2D eigenvalue weighted by atomic mass is 10.1. The van der Waals surface area contributed by atoms with Gasteiger partial charge in [0.2, 0.25) is 0 Å². The van der Waals surface area contributed by atoms with E-state index in [4.69, 9.17) is 0 Å². The van der Waals surface area contributed by atoms with Crippen molar-refractivity contribution in [1.82, 2.24) is 5.32 Å². The molecule has 1 saturated carbocycles. The molecule has 2 unspecified atom stereocenters. The number of thiophene rings is 1. The zero-order chi connectivity index (χ0) is 10.7. The van der Waals surface area contributed by atoms with Crippen molar-refractivity contribution in [3.63, 3.8) is 0 Å². The van der Waals surface area contributed by atoms with Crippen molar-refractivity contribution >= 4 is 11.3 Å². The van der Waals surface area contributed by atoms with Crippen LogP contribution in [0.2, 0.25) is 0 Å². The van der Waals surface area contributed by atoms with E-state index in [0.717, 1.165) is 23.8 Å². The summed E-state index contributed by atoms with van der Waals surface area (Å²) in [6.45, 7) is 3.28. The fraction of sp³-hybridized carbons (Fsp3) is 0.667. The van der Waals surface area contributed by atoms with Gasteiger partial charge in [-0.15, -0.1) is 11.3 Å². The highest BCUT2D eigenvalue weighted by molar-refractivity contribution is 7.10. The summed E-state index contributed by atoms with van der Waals surface area (Å²) in [7, 11) is 0. The third-order valence-corrected chi connectivity index (χ3v) is 3.87. The Morgan fingerprint density at radius 2 is 2.40 bits per heavy atom. The SMILES string of the molecule is CC(CC(O)c1cccs1)NCC1CC1. The third-order valence-electron chi connectivity index (χ3n) is 2.90. The molecule has 1 aliphatic rings. The standard InChI is InChI=1S/C12H19NOS/c1-9(13-8-10-4-5-10)7-11(14)12-3-2-6-15-12/h2-3,6,9-11,13-14H,4-5,7-8H2,1H3. The van der Waals surface area contributed by atoms with Crippen LogP contribution in [0.15, 0.2) is 17.5 Å². The highest BCUT2D eigenvalue weighted by Crippen LogP contribution is 2.28. The molecule has 0 amide bonds. The Labute approximate surface area is 95.3 Å². The molecule has 1 fully saturated rings. The van der Waals surface area contributed by atoms with E-state index in [2.05, 4.69) is 12.2 Å². The molecule has 2 rings (SSSR count). The molecule has 2 nitrogen and oxygen atoms in total. The van der Waals surface area contributed by atoms with Gasteiger partial charge in [-0.2, -0.15) is 0 Å². The predicted octanol–water partition coefficient (Wildman–Crippen LogP) is 2.56. The lowest BCUT2D eigenvalue weighted by Gasteiger charge is -2.16. The quantitative estimate of drug-likeness (QED) is 0.780. The lowest BCUT2D eigenvalue weighted by molar-refractivity contribution is 0.157. The summed E-state index contributed by atoms with van der Waals surface area (Å²) in [5.74, 6) is 0.909. The summed E-state index contributed by atoms with van der Waals surface area (Å²) in [6, 6.07) is 4.40. The molecule has 0 bridgehead atoms. The minimum Gasteiger partial charge on any atom is -0.388 e. The average Bonchev–Trinajstić information content (AvgIpc) is 2.87. The van der Waals surface area contributed by atoms with Gasteiger partial charge >= 0.3 is 0 Å². The second-order valence-electron chi connectivity index (χ2n) is 4.52. The Bertz CT molecular complexity index is 282. The number of aliphatic hydroxyl groups is 1. The molecule has 1 heterocycles. The van der Waals surface area contributed by atoms with Gasteiger partial charge in [0.15, 0.2) is 0 Å². The Kier molecular flexibility index (Phi) is 3.78. The maximum Gasteiger partial charge on any atom is 0.0896 e. The maximum atomic E-state index is 9.93. The lowest BCUT2D eigenvalue weighted by Crippen LogP contribution is -2.29. The topological polar surface area (TPSA) is 32.3 Å². The van der Waals surface area contributed by atoms with Gasteiger partial charge in [-0.1, -0.05) is 6.07 Å². The van der Waals surface area contributed by atoms with Crippen molar-refractivity contribution in [2.45, 2.75) is 38.3 Å². The van der Waals surface area contributed by atoms with Crippen LogP contribution in [0.25, 0.3) is 0 Å². The highest BCUT2D eigenvalue weighted by atomic mass is 32.1. The Hall–Kier alpha value is -0.380. The van der Waals surface area contributed by atoms with Gasteiger partial charge in [0.25, 0.3) is 0 Å². The van der Waals surface area contributed by atoms with Crippen LogP contribution in [0.3, 0.4) is 0 Å². The molecule has 2 N–H and O–H groups in total. The molecular formula is C12H19NOS. The van der Waals surface area contributed by atoms with Gasteiger partial charge in [0.1, 0.15) is 0 Å². The number of aliphatic hydroxyl groups excluding tert-OH is 1. The van der Waals surface area contributed by atoms with Gasteiger partial charge in [-0.3, -0.25) is 0 Å². The van der Waals surface area contributed by atoms with Crippen LogP contribution >= 0.6 is 11.3 Å². The largest absolute Gasteiger partial charge is 0.388 e. The molecular weight excluding hydrogens is 206 g/mol. The van der Waals surface area contributed by atoms with E-state index in [1.165, 1.54) is 12.8 Å². The number of nitrogens with one attached hydrogen (secondary N) is 1. The van der Waals surface area contributed by atoms with Crippen molar-refractivity contribution in [1.29, 1.82) is 0 Å². The Morgan fingerprint density at radius 1 is 1.60 bits per heavy atom. The zero-order valence-electron chi connectivity index (χ0n) is 9.15. The predicted molar refractivity (Wildman–Crippen MR) is 64.1 cm³/mol. The molecule has 2 atom stereocenters. The molecule has 1 aliphatic carbocycles. The van der Waals surface area contributed by atoms with E-state index in [9.17, 15) is 5.11 Å². The normalized spacial score (nSPS) is 20.1. The van der Waals surface area contributed by atoms with Gasteiger partial charge in [-0.25, -0.2) is 0 Å². The van der Waals surface area contributed by atoms with Crippen molar-refractivity contribution in [2.75, 3.05) is 6.54 Å². The zero-order valence-corrected chi connectivity index (χ0v) is 9.96. The van der Waals surface area contributed by atoms with E-state index in [-0.39, 0.29) is 6.10 Å². The first-order chi connectivity index (χ1) is 7.25. The van der Waals surface area contributed by atoms with E-state index in [0.29, 0.717) is 6.04 Å².